The minimum atomic E-state index is -0.201. The van der Waals surface area contributed by atoms with Crippen LogP contribution in [0.25, 0.3) is 0 Å². The Morgan fingerprint density at radius 2 is 2.19 bits per heavy atom. The minimum absolute atomic E-state index is 0.201. The first-order valence-corrected chi connectivity index (χ1v) is 7.18. The van der Waals surface area contributed by atoms with E-state index in [1.807, 2.05) is 6.92 Å². The van der Waals surface area contributed by atoms with Crippen LogP contribution in [0.15, 0.2) is 24.7 Å². The Kier molecular flexibility index (Phi) is 3.81. The fourth-order valence-electron chi connectivity index (χ4n) is 2.51. The molecule has 3 rings (SSSR count). The Hall–Kier alpha value is -2.44. The van der Waals surface area contributed by atoms with Gasteiger partial charge in [-0.1, -0.05) is 0 Å². The van der Waals surface area contributed by atoms with Gasteiger partial charge in [-0.25, -0.2) is 4.98 Å². The smallest absolute Gasteiger partial charge is 0.261 e. The van der Waals surface area contributed by atoms with Crippen molar-refractivity contribution in [3.05, 3.63) is 30.2 Å². The molecular weight excluding hydrogens is 268 g/mol. The van der Waals surface area contributed by atoms with E-state index < -0.39 is 0 Å². The van der Waals surface area contributed by atoms with E-state index in [1.54, 1.807) is 29.2 Å². The molecule has 7 nitrogen and oxygen atoms in total. The summed E-state index contributed by atoms with van der Waals surface area (Å²) in [7, 11) is 0. The summed E-state index contributed by atoms with van der Waals surface area (Å²) < 4.78 is 1.78. The SMILES string of the molecule is CCn1cnnc1NC(=O)c1cccnc1N1CCCC1. The molecule has 1 aliphatic heterocycles. The molecule has 0 saturated carbocycles. The van der Waals surface area contributed by atoms with Crippen LogP contribution in [-0.2, 0) is 6.54 Å². The molecule has 21 heavy (non-hydrogen) atoms. The second kappa shape index (κ2) is 5.90. The molecule has 0 radical (unpaired) electrons. The van der Waals surface area contributed by atoms with E-state index in [2.05, 4.69) is 25.4 Å². The van der Waals surface area contributed by atoms with Crippen LogP contribution in [0.2, 0.25) is 0 Å². The molecular formula is C14H18N6O. The van der Waals surface area contributed by atoms with E-state index in [1.165, 1.54) is 0 Å². The molecule has 1 fully saturated rings. The molecule has 7 heteroatoms. The molecule has 0 aliphatic carbocycles. The molecule has 0 atom stereocenters. The molecule has 1 aliphatic rings. The average molecular weight is 286 g/mol. The van der Waals surface area contributed by atoms with Gasteiger partial charge in [-0.3, -0.25) is 14.7 Å². The van der Waals surface area contributed by atoms with Crippen molar-refractivity contribution in [2.45, 2.75) is 26.3 Å². The van der Waals surface area contributed by atoms with Crippen molar-refractivity contribution in [3.63, 3.8) is 0 Å². The van der Waals surface area contributed by atoms with Gasteiger partial charge in [0.05, 0.1) is 5.56 Å². The highest BCUT2D eigenvalue weighted by atomic mass is 16.1. The first kappa shape index (κ1) is 13.5. The summed E-state index contributed by atoms with van der Waals surface area (Å²) >= 11 is 0. The zero-order valence-electron chi connectivity index (χ0n) is 12.0. The number of hydrogen-bond donors (Lipinski definition) is 1. The first-order chi connectivity index (χ1) is 10.3. The van der Waals surface area contributed by atoms with Crippen LogP contribution in [0.5, 0.6) is 0 Å². The second-order valence-corrected chi connectivity index (χ2v) is 4.96. The van der Waals surface area contributed by atoms with Crippen molar-refractivity contribution < 1.29 is 4.79 Å². The number of amides is 1. The van der Waals surface area contributed by atoms with Gasteiger partial charge < -0.3 is 4.90 Å². The predicted octanol–water partition coefficient (Wildman–Crippen LogP) is 1.55. The third-order valence-corrected chi connectivity index (χ3v) is 3.62. The number of carbonyl (C=O) groups is 1. The highest BCUT2D eigenvalue weighted by Crippen LogP contribution is 2.22. The Bertz CT molecular complexity index is 632. The van der Waals surface area contributed by atoms with E-state index in [4.69, 9.17) is 0 Å². The van der Waals surface area contributed by atoms with Gasteiger partial charge in [0.2, 0.25) is 5.95 Å². The number of carbonyl (C=O) groups excluding carboxylic acids is 1. The van der Waals surface area contributed by atoms with Crippen LogP contribution in [0.4, 0.5) is 11.8 Å². The summed E-state index contributed by atoms with van der Waals surface area (Å²) in [5.74, 6) is 1.00. The molecule has 1 N–H and O–H groups in total. The Balaban J connectivity index is 1.84. The normalized spacial score (nSPS) is 14.4. The van der Waals surface area contributed by atoms with E-state index in [-0.39, 0.29) is 5.91 Å². The molecule has 2 aromatic heterocycles. The maximum absolute atomic E-state index is 12.5. The van der Waals surface area contributed by atoms with Gasteiger partial charge in [-0.15, -0.1) is 10.2 Å². The molecule has 3 heterocycles. The predicted molar refractivity (Wildman–Crippen MR) is 79.3 cm³/mol. The average Bonchev–Trinajstić information content (AvgIpc) is 3.18. The van der Waals surface area contributed by atoms with Crippen molar-refractivity contribution in [2.75, 3.05) is 23.3 Å². The van der Waals surface area contributed by atoms with Crippen molar-refractivity contribution in [3.8, 4) is 0 Å². The van der Waals surface area contributed by atoms with Crippen molar-refractivity contribution in [1.29, 1.82) is 0 Å². The van der Waals surface area contributed by atoms with Gasteiger partial charge in [-0.2, -0.15) is 0 Å². The fourth-order valence-corrected chi connectivity index (χ4v) is 2.51. The Morgan fingerprint density at radius 3 is 2.95 bits per heavy atom. The number of pyridine rings is 1. The van der Waals surface area contributed by atoms with E-state index >= 15 is 0 Å². The fraction of sp³-hybridized carbons (Fsp3) is 0.429. The third-order valence-electron chi connectivity index (χ3n) is 3.62. The summed E-state index contributed by atoms with van der Waals surface area (Å²) in [6.07, 6.45) is 5.60. The lowest BCUT2D eigenvalue weighted by Crippen LogP contribution is -2.24. The lowest BCUT2D eigenvalue weighted by atomic mass is 10.2. The van der Waals surface area contributed by atoms with E-state index in [0.29, 0.717) is 18.1 Å². The largest absolute Gasteiger partial charge is 0.356 e. The Morgan fingerprint density at radius 1 is 1.38 bits per heavy atom. The highest BCUT2D eigenvalue weighted by Gasteiger charge is 2.21. The summed E-state index contributed by atoms with van der Waals surface area (Å²) in [4.78, 5) is 19.0. The van der Waals surface area contributed by atoms with E-state index in [9.17, 15) is 4.79 Å². The summed E-state index contributed by atoms with van der Waals surface area (Å²) in [5.41, 5.74) is 0.574. The standard InChI is InChI=1S/C14H18N6O/c1-2-19-10-16-18-14(19)17-13(21)11-6-5-7-15-12(11)20-8-3-4-9-20/h5-7,10H,2-4,8-9H2,1H3,(H,17,18,21). The molecule has 0 spiro atoms. The monoisotopic (exact) mass is 286 g/mol. The van der Waals surface area contributed by atoms with Gasteiger partial charge in [0.1, 0.15) is 12.1 Å². The zero-order valence-corrected chi connectivity index (χ0v) is 12.0. The van der Waals surface area contributed by atoms with Crippen LogP contribution in [-0.4, -0.2) is 38.7 Å². The minimum Gasteiger partial charge on any atom is -0.356 e. The number of hydrogen-bond acceptors (Lipinski definition) is 5. The molecule has 2 aromatic rings. The van der Waals surface area contributed by atoms with Crippen LogP contribution in [0, 0.1) is 0 Å². The number of anilines is 2. The Labute approximate surface area is 123 Å². The first-order valence-electron chi connectivity index (χ1n) is 7.18. The number of aryl methyl sites for hydroxylation is 1. The molecule has 0 unspecified atom stereocenters. The van der Waals surface area contributed by atoms with Crippen LogP contribution >= 0.6 is 0 Å². The number of nitrogens with zero attached hydrogens (tertiary/aromatic N) is 5. The van der Waals surface area contributed by atoms with Gasteiger partial charge in [0, 0.05) is 25.8 Å². The van der Waals surface area contributed by atoms with Crippen LogP contribution in [0.3, 0.4) is 0 Å². The van der Waals surface area contributed by atoms with Crippen molar-refractivity contribution >= 4 is 17.7 Å². The summed E-state index contributed by atoms with van der Waals surface area (Å²) in [6.45, 7) is 4.57. The number of nitrogens with one attached hydrogen (secondary N) is 1. The summed E-state index contributed by atoms with van der Waals surface area (Å²) in [5, 5.41) is 10.5. The topological polar surface area (TPSA) is 75.9 Å². The highest BCUT2D eigenvalue weighted by molar-refractivity contribution is 6.06. The molecule has 0 aromatic carbocycles. The third kappa shape index (κ3) is 2.72. The van der Waals surface area contributed by atoms with Crippen molar-refractivity contribution in [1.82, 2.24) is 19.7 Å². The number of aromatic nitrogens is 4. The van der Waals surface area contributed by atoms with E-state index in [0.717, 1.165) is 31.7 Å². The van der Waals surface area contributed by atoms with Crippen LogP contribution in [0.1, 0.15) is 30.1 Å². The number of rotatable bonds is 4. The zero-order chi connectivity index (χ0) is 14.7. The van der Waals surface area contributed by atoms with Gasteiger partial charge >= 0.3 is 0 Å². The van der Waals surface area contributed by atoms with Crippen molar-refractivity contribution in [2.24, 2.45) is 0 Å². The van der Waals surface area contributed by atoms with Gasteiger partial charge in [-0.05, 0) is 31.9 Å². The maximum atomic E-state index is 12.5. The van der Waals surface area contributed by atoms with Gasteiger partial charge in [0.25, 0.3) is 5.91 Å². The quantitative estimate of drug-likeness (QED) is 0.922. The lowest BCUT2D eigenvalue weighted by Gasteiger charge is -2.19. The molecule has 0 bridgehead atoms. The molecule has 1 amide bonds. The second-order valence-electron chi connectivity index (χ2n) is 4.96. The maximum Gasteiger partial charge on any atom is 0.261 e. The summed E-state index contributed by atoms with van der Waals surface area (Å²) in [6, 6.07) is 3.57. The van der Waals surface area contributed by atoms with Crippen LogP contribution < -0.4 is 10.2 Å². The van der Waals surface area contributed by atoms with Gasteiger partial charge in [0.15, 0.2) is 0 Å². The molecule has 1 saturated heterocycles. The molecule has 110 valence electrons. The lowest BCUT2D eigenvalue weighted by molar-refractivity contribution is 0.102.